The lowest BCUT2D eigenvalue weighted by Crippen LogP contribution is -2.40. The van der Waals surface area contributed by atoms with E-state index in [0.717, 1.165) is 24.2 Å². The second kappa shape index (κ2) is 6.67. The number of benzene rings is 1. The minimum Gasteiger partial charge on any atom is -0.464 e. The van der Waals surface area contributed by atoms with Crippen LogP contribution in [0.1, 0.15) is 52.8 Å². The molecule has 2 aliphatic carbocycles. The lowest BCUT2D eigenvalue weighted by atomic mass is 9.67. The first-order valence-corrected chi connectivity index (χ1v) is 9.22. The third kappa shape index (κ3) is 2.83. The maximum absolute atomic E-state index is 12.4. The quantitative estimate of drug-likeness (QED) is 0.611. The van der Waals surface area contributed by atoms with Gasteiger partial charge in [-0.05, 0) is 37.8 Å². The zero-order valence-electron chi connectivity index (χ0n) is 14.5. The van der Waals surface area contributed by atoms with Crippen LogP contribution in [0.5, 0.6) is 0 Å². The van der Waals surface area contributed by atoms with Gasteiger partial charge in [0.1, 0.15) is 12.4 Å². The van der Waals surface area contributed by atoms with Gasteiger partial charge in [0.05, 0.1) is 23.6 Å². The summed E-state index contributed by atoms with van der Waals surface area (Å²) in [6, 6.07) is 6.68. The van der Waals surface area contributed by atoms with Crippen molar-refractivity contribution in [3.8, 4) is 0 Å². The van der Waals surface area contributed by atoms with Crippen molar-refractivity contribution >= 4 is 23.6 Å². The van der Waals surface area contributed by atoms with E-state index in [2.05, 4.69) is 0 Å². The first kappa shape index (κ1) is 16.9. The molecule has 1 aromatic rings. The zero-order chi connectivity index (χ0) is 18.3. The average molecular weight is 355 g/mol. The Morgan fingerprint density at radius 1 is 1.00 bits per heavy atom. The number of ether oxygens (including phenoxy) is 1. The van der Waals surface area contributed by atoms with Crippen molar-refractivity contribution in [2.45, 2.75) is 32.1 Å². The van der Waals surface area contributed by atoms with Crippen molar-refractivity contribution in [3.05, 3.63) is 35.4 Å². The van der Waals surface area contributed by atoms with E-state index < -0.39 is 0 Å². The summed E-state index contributed by atoms with van der Waals surface area (Å²) in [6.07, 6.45) is 3.94. The minimum absolute atomic E-state index is 0.00344. The number of esters is 1. The number of hydrogen-bond acceptors (Lipinski definition) is 5. The average Bonchev–Trinajstić information content (AvgIpc) is 2.86. The standard InChI is InChI=1S/C20H21NO5/c22-17-12-4-3-5-13(17)11-14(10-12)20(25)26-9-8-21-18(23)15-6-1-2-7-16(15)19(21)24/h1-2,6-7,12-14H,3-5,8-11H2/t12-,13+,14?. The van der Waals surface area contributed by atoms with E-state index in [9.17, 15) is 19.2 Å². The molecule has 2 amide bonds. The summed E-state index contributed by atoms with van der Waals surface area (Å²) in [4.78, 5) is 50.2. The molecule has 26 heavy (non-hydrogen) atoms. The van der Waals surface area contributed by atoms with Gasteiger partial charge in [0, 0.05) is 11.8 Å². The van der Waals surface area contributed by atoms with Gasteiger partial charge in [-0.15, -0.1) is 0 Å². The van der Waals surface area contributed by atoms with E-state index in [1.807, 2.05) is 0 Å². The van der Waals surface area contributed by atoms with Crippen LogP contribution in [-0.2, 0) is 14.3 Å². The largest absolute Gasteiger partial charge is 0.464 e. The number of carbonyl (C=O) groups is 4. The van der Waals surface area contributed by atoms with Crippen LogP contribution >= 0.6 is 0 Å². The van der Waals surface area contributed by atoms with Crippen LogP contribution in [0.15, 0.2) is 24.3 Å². The highest BCUT2D eigenvalue weighted by molar-refractivity contribution is 6.21. The fraction of sp³-hybridized carbons (Fsp3) is 0.500. The third-order valence-electron chi connectivity index (χ3n) is 5.82. The van der Waals surface area contributed by atoms with Gasteiger partial charge in [-0.3, -0.25) is 24.1 Å². The molecule has 1 unspecified atom stereocenters. The fourth-order valence-corrected chi connectivity index (χ4v) is 4.47. The fourth-order valence-electron chi connectivity index (χ4n) is 4.47. The Bertz CT molecular complexity index is 735. The lowest BCUT2D eigenvalue weighted by molar-refractivity contribution is -0.153. The summed E-state index contributed by atoms with van der Waals surface area (Å²) in [5, 5.41) is 0. The summed E-state index contributed by atoms with van der Waals surface area (Å²) in [5.74, 6) is -0.950. The molecule has 1 aliphatic heterocycles. The molecule has 0 N–H and O–H groups in total. The van der Waals surface area contributed by atoms with E-state index >= 15 is 0 Å². The van der Waals surface area contributed by atoms with Crippen LogP contribution in [0, 0.1) is 17.8 Å². The van der Waals surface area contributed by atoms with Crippen molar-refractivity contribution in [3.63, 3.8) is 0 Å². The summed E-state index contributed by atoms with van der Waals surface area (Å²) in [5.41, 5.74) is 0.782. The SMILES string of the molecule is O=C(OCCN1C(=O)c2ccccc2C1=O)C1C[C@H]2CCC[C@@H](C1)C2=O. The number of imide groups is 1. The normalized spacial score (nSPS) is 27.5. The lowest BCUT2D eigenvalue weighted by Gasteiger charge is -2.36. The van der Waals surface area contributed by atoms with Gasteiger partial charge in [-0.2, -0.15) is 0 Å². The molecule has 0 saturated heterocycles. The Balaban J connectivity index is 1.32. The van der Waals surface area contributed by atoms with Gasteiger partial charge >= 0.3 is 5.97 Å². The zero-order valence-corrected chi connectivity index (χ0v) is 14.5. The van der Waals surface area contributed by atoms with Crippen LogP contribution in [0.4, 0.5) is 0 Å². The van der Waals surface area contributed by atoms with Crippen LogP contribution in [0.2, 0.25) is 0 Å². The van der Waals surface area contributed by atoms with Crippen LogP contribution in [0.25, 0.3) is 0 Å². The molecule has 0 aromatic heterocycles. The Morgan fingerprint density at radius 3 is 2.15 bits per heavy atom. The first-order valence-electron chi connectivity index (χ1n) is 9.22. The van der Waals surface area contributed by atoms with Gasteiger partial charge in [0.2, 0.25) is 0 Å². The smallest absolute Gasteiger partial charge is 0.309 e. The maximum atomic E-state index is 12.4. The van der Waals surface area contributed by atoms with E-state index in [-0.39, 0.29) is 48.7 Å². The molecule has 3 aliphatic rings. The van der Waals surface area contributed by atoms with E-state index in [0.29, 0.717) is 29.8 Å². The Hall–Kier alpha value is -2.50. The Kier molecular flexibility index (Phi) is 4.34. The topological polar surface area (TPSA) is 80.8 Å². The predicted octanol–water partition coefficient (Wildman–Crippen LogP) is 2.22. The molecular formula is C20H21NO5. The molecule has 2 fully saturated rings. The highest BCUT2D eigenvalue weighted by Gasteiger charge is 2.42. The number of hydrogen-bond donors (Lipinski definition) is 0. The molecule has 4 rings (SSSR count). The Labute approximate surface area is 151 Å². The Morgan fingerprint density at radius 2 is 1.58 bits per heavy atom. The molecule has 0 spiro atoms. The summed E-state index contributed by atoms with van der Waals surface area (Å²) >= 11 is 0. The third-order valence-corrected chi connectivity index (χ3v) is 5.82. The molecule has 1 aromatic carbocycles. The molecule has 0 radical (unpaired) electrons. The number of ketones is 1. The highest BCUT2D eigenvalue weighted by Crippen LogP contribution is 2.40. The maximum Gasteiger partial charge on any atom is 0.309 e. The number of nitrogens with zero attached hydrogens (tertiary/aromatic N) is 1. The van der Waals surface area contributed by atoms with Crippen LogP contribution < -0.4 is 0 Å². The van der Waals surface area contributed by atoms with Crippen molar-refractivity contribution in [2.75, 3.05) is 13.2 Å². The van der Waals surface area contributed by atoms with Crippen LogP contribution in [-0.4, -0.2) is 41.6 Å². The molecule has 2 bridgehead atoms. The number of amides is 2. The number of fused-ring (bicyclic) bond motifs is 3. The molecule has 6 nitrogen and oxygen atoms in total. The number of rotatable bonds is 4. The molecular weight excluding hydrogens is 334 g/mol. The van der Waals surface area contributed by atoms with Crippen molar-refractivity contribution in [2.24, 2.45) is 17.8 Å². The van der Waals surface area contributed by atoms with Gasteiger partial charge in [-0.1, -0.05) is 18.6 Å². The minimum atomic E-state index is -0.348. The molecule has 3 atom stereocenters. The molecule has 6 heteroatoms. The molecule has 1 heterocycles. The van der Waals surface area contributed by atoms with Crippen molar-refractivity contribution in [1.82, 2.24) is 4.90 Å². The second-order valence-electron chi connectivity index (χ2n) is 7.37. The number of carbonyl (C=O) groups excluding carboxylic acids is 4. The predicted molar refractivity (Wildman–Crippen MR) is 91.3 cm³/mol. The van der Waals surface area contributed by atoms with Gasteiger partial charge in [-0.25, -0.2) is 0 Å². The molecule has 2 saturated carbocycles. The van der Waals surface area contributed by atoms with Crippen LogP contribution in [0.3, 0.4) is 0 Å². The summed E-state index contributed by atoms with van der Waals surface area (Å²) in [6.45, 7) is 0.0423. The number of Topliss-reactive ketones (excluding diaryl/α,β-unsaturated/α-hetero) is 1. The summed E-state index contributed by atoms with van der Waals surface area (Å²) < 4.78 is 5.34. The summed E-state index contributed by atoms with van der Waals surface area (Å²) in [7, 11) is 0. The van der Waals surface area contributed by atoms with Gasteiger partial charge < -0.3 is 4.74 Å². The first-order chi connectivity index (χ1) is 12.6. The van der Waals surface area contributed by atoms with Gasteiger partial charge in [0.25, 0.3) is 11.8 Å². The van der Waals surface area contributed by atoms with E-state index in [1.54, 1.807) is 24.3 Å². The van der Waals surface area contributed by atoms with Crippen molar-refractivity contribution < 1.29 is 23.9 Å². The van der Waals surface area contributed by atoms with E-state index in [1.165, 1.54) is 0 Å². The van der Waals surface area contributed by atoms with Crippen molar-refractivity contribution in [1.29, 1.82) is 0 Å². The second-order valence-corrected chi connectivity index (χ2v) is 7.37. The van der Waals surface area contributed by atoms with E-state index in [4.69, 9.17) is 4.74 Å². The monoisotopic (exact) mass is 355 g/mol. The van der Waals surface area contributed by atoms with Gasteiger partial charge in [0.15, 0.2) is 0 Å². The molecule has 136 valence electrons. The highest BCUT2D eigenvalue weighted by atomic mass is 16.5.